The molecule has 3 rings (SSSR count). The molecule has 6 heteroatoms. The van der Waals surface area contributed by atoms with Crippen LogP contribution in [0.1, 0.15) is 39.9 Å². The summed E-state index contributed by atoms with van der Waals surface area (Å²) in [6.45, 7) is 8.63. The molecule has 0 aliphatic carbocycles. The van der Waals surface area contributed by atoms with Crippen LogP contribution < -0.4 is 5.56 Å². The van der Waals surface area contributed by atoms with Gasteiger partial charge in [-0.3, -0.25) is 4.79 Å². The molecular formula is C20H25N3O3. The third kappa shape index (κ3) is 3.64. The maximum atomic E-state index is 12.3. The topological polar surface area (TPSA) is 64.4 Å². The molecule has 138 valence electrons. The van der Waals surface area contributed by atoms with Gasteiger partial charge in [-0.25, -0.2) is 4.79 Å². The Bertz CT molecular complexity index is 922. The van der Waals surface area contributed by atoms with E-state index >= 15 is 0 Å². The predicted molar refractivity (Wildman–Crippen MR) is 102 cm³/mol. The highest BCUT2D eigenvalue weighted by Crippen LogP contribution is 2.23. The van der Waals surface area contributed by atoms with E-state index in [-0.39, 0.29) is 11.7 Å². The molecule has 26 heavy (non-hydrogen) atoms. The SMILES string of the molecule is CCc1nc(=O)c2ccccc2n1C1=CCN(C(=O)OC(C)(C)C)CC1. The van der Waals surface area contributed by atoms with E-state index in [1.165, 1.54) is 0 Å². The van der Waals surface area contributed by atoms with E-state index in [4.69, 9.17) is 4.74 Å². The quantitative estimate of drug-likeness (QED) is 0.828. The van der Waals surface area contributed by atoms with Gasteiger partial charge in [0.25, 0.3) is 5.56 Å². The Balaban J connectivity index is 1.95. The number of nitrogens with zero attached hydrogens (tertiary/aromatic N) is 3. The maximum Gasteiger partial charge on any atom is 0.410 e. The highest BCUT2D eigenvalue weighted by atomic mass is 16.6. The van der Waals surface area contributed by atoms with Crippen LogP contribution in [0.15, 0.2) is 35.1 Å². The van der Waals surface area contributed by atoms with Crippen LogP contribution in [-0.4, -0.2) is 39.2 Å². The second-order valence-corrected chi connectivity index (χ2v) is 7.41. The van der Waals surface area contributed by atoms with E-state index in [1.54, 1.807) is 11.0 Å². The first kappa shape index (κ1) is 18.2. The first-order chi connectivity index (χ1) is 12.3. The van der Waals surface area contributed by atoms with Crippen molar-refractivity contribution in [2.45, 2.75) is 46.1 Å². The number of rotatable bonds is 2. The fourth-order valence-corrected chi connectivity index (χ4v) is 3.13. The lowest BCUT2D eigenvalue weighted by molar-refractivity contribution is 0.0269. The zero-order valence-electron chi connectivity index (χ0n) is 15.8. The molecule has 2 aromatic rings. The maximum absolute atomic E-state index is 12.3. The van der Waals surface area contributed by atoms with Crippen molar-refractivity contribution in [1.82, 2.24) is 14.5 Å². The standard InChI is InChI=1S/C20H25N3O3/c1-5-17-21-18(24)15-8-6-7-9-16(15)23(17)14-10-12-22(13-11-14)19(25)26-20(2,3)4/h6-10H,5,11-13H2,1-4H3. The molecule has 1 aliphatic heterocycles. The molecular weight excluding hydrogens is 330 g/mol. The molecule has 0 spiro atoms. The Hall–Kier alpha value is -2.63. The summed E-state index contributed by atoms with van der Waals surface area (Å²) in [5.74, 6) is 0.741. The van der Waals surface area contributed by atoms with Crippen molar-refractivity contribution in [3.8, 4) is 0 Å². The molecule has 0 unspecified atom stereocenters. The molecule has 2 heterocycles. The number of benzene rings is 1. The van der Waals surface area contributed by atoms with E-state index < -0.39 is 5.60 Å². The van der Waals surface area contributed by atoms with Crippen LogP contribution in [0.2, 0.25) is 0 Å². The molecule has 1 aliphatic rings. The molecule has 0 fully saturated rings. The Kier molecular flexibility index (Phi) is 4.85. The Labute approximate surface area is 153 Å². The number of aryl methyl sites for hydroxylation is 1. The summed E-state index contributed by atoms with van der Waals surface area (Å²) in [5, 5.41) is 0.611. The summed E-state index contributed by atoms with van der Waals surface area (Å²) in [7, 11) is 0. The molecule has 1 aromatic heterocycles. The number of fused-ring (bicyclic) bond motifs is 1. The van der Waals surface area contributed by atoms with E-state index in [0.29, 0.717) is 31.3 Å². The van der Waals surface area contributed by atoms with Crippen LogP contribution in [0, 0.1) is 0 Å². The number of aromatic nitrogens is 2. The van der Waals surface area contributed by atoms with Gasteiger partial charge in [0.1, 0.15) is 11.4 Å². The van der Waals surface area contributed by atoms with E-state index in [2.05, 4.69) is 9.55 Å². The fourth-order valence-electron chi connectivity index (χ4n) is 3.13. The molecule has 1 aromatic carbocycles. The Morgan fingerprint density at radius 2 is 2.00 bits per heavy atom. The van der Waals surface area contributed by atoms with Gasteiger partial charge in [-0.05, 0) is 39.0 Å². The second-order valence-electron chi connectivity index (χ2n) is 7.41. The number of hydrogen-bond donors (Lipinski definition) is 0. The lowest BCUT2D eigenvalue weighted by atomic mass is 10.1. The van der Waals surface area contributed by atoms with E-state index in [0.717, 1.165) is 17.0 Å². The highest BCUT2D eigenvalue weighted by molar-refractivity contribution is 5.82. The summed E-state index contributed by atoms with van der Waals surface area (Å²) in [6.07, 6.45) is 3.06. The van der Waals surface area contributed by atoms with Gasteiger partial charge < -0.3 is 14.2 Å². The molecule has 0 radical (unpaired) electrons. The highest BCUT2D eigenvalue weighted by Gasteiger charge is 2.24. The fraction of sp³-hybridized carbons (Fsp3) is 0.450. The third-order valence-electron chi connectivity index (χ3n) is 4.30. The Morgan fingerprint density at radius 3 is 2.62 bits per heavy atom. The minimum absolute atomic E-state index is 0.194. The van der Waals surface area contributed by atoms with Gasteiger partial charge in [0.15, 0.2) is 0 Å². The first-order valence-corrected chi connectivity index (χ1v) is 8.98. The molecule has 0 atom stereocenters. The van der Waals surface area contributed by atoms with Crippen LogP contribution >= 0.6 is 0 Å². The van der Waals surface area contributed by atoms with Crippen LogP contribution in [-0.2, 0) is 11.2 Å². The molecule has 1 amide bonds. The summed E-state index contributed by atoms with van der Waals surface area (Å²) in [4.78, 5) is 30.5. The molecule has 0 N–H and O–H groups in total. The van der Waals surface area contributed by atoms with Gasteiger partial charge in [-0.1, -0.05) is 19.1 Å². The number of carbonyl (C=O) groups is 1. The number of amides is 1. The van der Waals surface area contributed by atoms with Crippen LogP contribution in [0.25, 0.3) is 16.6 Å². The monoisotopic (exact) mass is 355 g/mol. The van der Waals surface area contributed by atoms with Gasteiger partial charge >= 0.3 is 6.09 Å². The van der Waals surface area contributed by atoms with Gasteiger partial charge in [-0.2, -0.15) is 4.98 Å². The second kappa shape index (κ2) is 6.94. The minimum Gasteiger partial charge on any atom is -0.444 e. The van der Waals surface area contributed by atoms with Crippen molar-refractivity contribution in [1.29, 1.82) is 0 Å². The number of carbonyl (C=O) groups excluding carboxylic acids is 1. The first-order valence-electron chi connectivity index (χ1n) is 8.98. The smallest absolute Gasteiger partial charge is 0.410 e. The number of ether oxygens (including phenoxy) is 1. The summed E-state index contributed by atoms with van der Waals surface area (Å²) >= 11 is 0. The van der Waals surface area contributed by atoms with Crippen LogP contribution in [0.4, 0.5) is 4.79 Å². The lowest BCUT2D eigenvalue weighted by Gasteiger charge is -2.30. The van der Waals surface area contributed by atoms with Crippen molar-refractivity contribution in [3.05, 3.63) is 46.5 Å². The van der Waals surface area contributed by atoms with Crippen molar-refractivity contribution in [3.63, 3.8) is 0 Å². The van der Waals surface area contributed by atoms with Crippen LogP contribution in [0.5, 0.6) is 0 Å². The largest absolute Gasteiger partial charge is 0.444 e. The molecule has 0 saturated carbocycles. The van der Waals surface area contributed by atoms with Crippen molar-refractivity contribution >= 4 is 22.7 Å². The van der Waals surface area contributed by atoms with Crippen molar-refractivity contribution in [2.24, 2.45) is 0 Å². The lowest BCUT2D eigenvalue weighted by Crippen LogP contribution is -2.39. The zero-order valence-corrected chi connectivity index (χ0v) is 15.8. The third-order valence-corrected chi connectivity index (χ3v) is 4.30. The van der Waals surface area contributed by atoms with Gasteiger partial charge in [0.05, 0.1) is 10.9 Å². The molecule has 0 saturated heterocycles. The summed E-state index contributed by atoms with van der Waals surface area (Å²) in [6, 6.07) is 7.52. The summed E-state index contributed by atoms with van der Waals surface area (Å²) < 4.78 is 7.50. The minimum atomic E-state index is -0.505. The van der Waals surface area contributed by atoms with E-state index in [1.807, 2.05) is 52.0 Å². The number of hydrogen-bond acceptors (Lipinski definition) is 4. The van der Waals surface area contributed by atoms with Crippen molar-refractivity contribution in [2.75, 3.05) is 13.1 Å². The zero-order chi connectivity index (χ0) is 18.9. The molecule has 6 nitrogen and oxygen atoms in total. The van der Waals surface area contributed by atoms with Gasteiger partial charge in [0, 0.05) is 31.6 Å². The van der Waals surface area contributed by atoms with E-state index in [9.17, 15) is 9.59 Å². The number of para-hydroxylation sites is 1. The molecule has 0 bridgehead atoms. The summed E-state index contributed by atoms with van der Waals surface area (Å²) in [5.41, 5.74) is 1.22. The van der Waals surface area contributed by atoms with Crippen molar-refractivity contribution < 1.29 is 9.53 Å². The normalized spacial score (nSPS) is 15.1. The van der Waals surface area contributed by atoms with Gasteiger partial charge in [0.2, 0.25) is 0 Å². The average molecular weight is 355 g/mol. The van der Waals surface area contributed by atoms with Gasteiger partial charge in [-0.15, -0.1) is 0 Å². The predicted octanol–water partition coefficient (Wildman–Crippen LogP) is 3.44. The van der Waals surface area contributed by atoms with Crippen LogP contribution in [0.3, 0.4) is 0 Å². The average Bonchev–Trinajstić information content (AvgIpc) is 2.60. The Morgan fingerprint density at radius 1 is 1.27 bits per heavy atom.